The van der Waals surface area contributed by atoms with E-state index in [1.165, 1.54) is 6.92 Å². The van der Waals surface area contributed by atoms with Crippen LogP contribution in [0.2, 0.25) is 0 Å². The standard InChI is InChI=1S/C22H37NO7/c1-10-28-17(25)22(13-16(22)14(2)11-12-15(3)24)23(18(26)29-20(4,5)6)19(27)30-21(7,8)9/h14,16H,10-13H2,1-9H3/t14?,16-,22+/m0/s1. The van der Waals surface area contributed by atoms with Crippen LogP contribution in [0, 0.1) is 11.8 Å². The number of Topliss-reactive ketones (excluding diaryl/α,β-unsaturated/α-hetero) is 1. The predicted octanol–water partition coefficient (Wildman–Crippen LogP) is 4.49. The minimum absolute atomic E-state index is 0.0420. The zero-order chi connectivity index (χ0) is 23.5. The quantitative estimate of drug-likeness (QED) is 0.436. The minimum atomic E-state index is -1.50. The third-order valence-corrected chi connectivity index (χ3v) is 4.80. The highest BCUT2D eigenvalue weighted by atomic mass is 16.6. The molecule has 0 radical (unpaired) electrons. The Labute approximate surface area is 179 Å². The first-order valence-electron chi connectivity index (χ1n) is 10.5. The van der Waals surface area contributed by atoms with Crippen LogP contribution in [0.25, 0.3) is 0 Å². The summed E-state index contributed by atoms with van der Waals surface area (Å²) in [5, 5.41) is 0. The summed E-state index contributed by atoms with van der Waals surface area (Å²) in [6.07, 6.45) is -0.770. The summed E-state index contributed by atoms with van der Waals surface area (Å²) in [5.74, 6) is -1.07. The lowest BCUT2D eigenvalue weighted by Gasteiger charge is -2.33. The number of carbonyl (C=O) groups excluding carboxylic acids is 4. The van der Waals surface area contributed by atoms with Crippen molar-refractivity contribution < 1.29 is 33.4 Å². The minimum Gasteiger partial charge on any atom is -0.464 e. The molecule has 0 bridgehead atoms. The second-order valence-corrected chi connectivity index (χ2v) is 9.97. The molecule has 8 nitrogen and oxygen atoms in total. The summed E-state index contributed by atoms with van der Waals surface area (Å²) in [4.78, 5) is 51.3. The van der Waals surface area contributed by atoms with E-state index < -0.39 is 34.9 Å². The van der Waals surface area contributed by atoms with E-state index in [2.05, 4.69) is 0 Å². The van der Waals surface area contributed by atoms with Gasteiger partial charge in [-0.3, -0.25) is 0 Å². The molecular formula is C22H37NO7. The SMILES string of the molecule is CCOC(=O)[C@@]1(N(C(=O)OC(C)(C)C)C(=O)OC(C)(C)C)C[C@H]1C(C)CCC(C)=O. The van der Waals surface area contributed by atoms with Gasteiger partial charge in [0.2, 0.25) is 0 Å². The molecule has 0 saturated heterocycles. The molecule has 172 valence electrons. The Hall–Kier alpha value is -2.12. The van der Waals surface area contributed by atoms with Gasteiger partial charge in [0.05, 0.1) is 6.61 Å². The van der Waals surface area contributed by atoms with Gasteiger partial charge in [0, 0.05) is 6.42 Å². The fourth-order valence-electron chi connectivity index (χ4n) is 3.43. The number of carbonyl (C=O) groups is 4. The van der Waals surface area contributed by atoms with Crippen LogP contribution in [0.3, 0.4) is 0 Å². The number of hydrogen-bond acceptors (Lipinski definition) is 7. The van der Waals surface area contributed by atoms with Gasteiger partial charge < -0.3 is 19.0 Å². The fraction of sp³-hybridized carbons (Fsp3) is 0.818. The van der Waals surface area contributed by atoms with Crippen LogP contribution in [0.4, 0.5) is 9.59 Å². The molecule has 1 aliphatic rings. The van der Waals surface area contributed by atoms with E-state index in [0.717, 1.165) is 4.90 Å². The van der Waals surface area contributed by atoms with Crippen LogP contribution in [0.15, 0.2) is 0 Å². The van der Waals surface area contributed by atoms with Gasteiger partial charge in [-0.1, -0.05) is 6.92 Å². The molecule has 3 atom stereocenters. The zero-order valence-corrected chi connectivity index (χ0v) is 19.8. The van der Waals surface area contributed by atoms with Crippen LogP contribution in [-0.2, 0) is 23.8 Å². The molecule has 1 aliphatic carbocycles. The van der Waals surface area contributed by atoms with Crippen molar-refractivity contribution >= 4 is 23.9 Å². The van der Waals surface area contributed by atoms with Crippen molar-refractivity contribution in [3.8, 4) is 0 Å². The molecule has 0 heterocycles. The van der Waals surface area contributed by atoms with Crippen molar-refractivity contribution in [3.05, 3.63) is 0 Å². The van der Waals surface area contributed by atoms with Crippen molar-refractivity contribution in [2.45, 2.75) is 98.3 Å². The number of nitrogens with zero attached hydrogens (tertiary/aromatic N) is 1. The molecular weight excluding hydrogens is 390 g/mol. The average molecular weight is 428 g/mol. The third kappa shape index (κ3) is 6.71. The molecule has 2 amide bonds. The second kappa shape index (κ2) is 9.35. The van der Waals surface area contributed by atoms with Crippen molar-refractivity contribution in [2.24, 2.45) is 11.8 Å². The molecule has 0 aromatic carbocycles. The summed E-state index contributed by atoms with van der Waals surface area (Å²) in [6.45, 7) is 15.2. The Balaban J connectivity index is 3.36. The summed E-state index contributed by atoms with van der Waals surface area (Å²) < 4.78 is 16.1. The summed E-state index contributed by atoms with van der Waals surface area (Å²) in [7, 11) is 0. The van der Waals surface area contributed by atoms with Crippen molar-refractivity contribution in [2.75, 3.05) is 6.61 Å². The highest BCUT2D eigenvalue weighted by Gasteiger charge is 2.70. The van der Waals surface area contributed by atoms with Gasteiger partial charge >= 0.3 is 18.2 Å². The summed E-state index contributed by atoms with van der Waals surface area (Å²) in [6, 6.07) is 0. The van der Waals surface area contributed by atoms with E-state index in [0.29, 0.717) is 12.8 Å². The Bertz CT molecular complexity index is 646. The number of imide groups is 1. The average Bonchev–Trinajstić information content (AvgIpc) is 3.25. The van der Waals surface area contributed by atoms with Gasteiger partial charge in [-0.25, -0.2) is 14.4 Å². The Morgan fingerprint density at radius 1 is 1.00 bits per heavy atom. The maximum atomic E-state index is 13.1. The van der Waals surface area contributed by atoms with Gasteiger partial charge in [0.25, 0.3) is 0 Å². The van der Waals surface area contributed by atoms with E-state index in [1.54, 1.807) is 48.5 Å². The lowest BCUT2D eigenvalue weighted by Crippen LogP contribution is -2.55. The van der Waals surface area contributed by atoms with E-state index in [4.69, 9.17) is 14.2 Å². The lowest BCUT2D eigenvalue weighted by atomic mass is 9.95. The molecule has 0 spiro atoms. The molecule has 0 aromatic heterocycles. The largest absolute Gasteiger partial charge is 0.464 e. The maximum absolute atomic E-state index is 13.1. The molecule has 0 N–H and O–H groups in total. The van der Waals surface area contributed by atoms with Crippen LogP contribution >= 0.6 is 0 Å². The highest BCUT2D eigenvalue weighted by Crippen LogP contribution is 2.55. The van der Waals surface area contributed by atoms with Gasteiger partial charge in [0.15, 0.2) is 5.54 Å². The number of hydrogen-bond donors (Lipinski definition) is 0. The second-order valence-electron chi connectivity index (χ2n) is 9.97. The molecule has 8 heteroatoms. The van der Waals surface area contributed by atoms with Crippen LogP contribution in [0.5, 0.6) is 0 Å². The van der Waals surface area contributed by atoms with Crippen molar-refractivity contribution in [1.29, 1.82) is 0 Å². The van der Waals surface area contributed by atoms with Gasteiger partial charge in [-0.2, -0.15) is 4.90 Å². The molecule has 1 rings (SSSR count). The first kappa shape index (κ1) is 25.9. The summed E-state index contributed by atoms with van der Waals surface area (Å²) in [5.41, 5.74) is -3.26. The van der Waals surface area contributed by atoms with Gasteiger partial charge in [-0.15, -0.1) is 0 Å². The van der Waals surface area contributed by atoms with Crippen LogP contribution < -0.4 is 0 Å². The van der Waals surface area contributed by atoms with E-state index in [-0.39, 0.29) is 30.6 Å². The number of esters is 1. The molecule has 1 unspecified atom stereocenters. The molecule has 0 aromatic rings. The monoisotopic (exact) mass is 427 g/mol. The number of ether oxygens (including phenoxy) is 3. The lowest BCUT2D eigenvalue weighted by molar-refractivity contribution is -0.152. The van der Waals surface area contributed by atoms with Crippen molar-refractivity contribution in [1.82, 2.24) is 4.90 Å². The van der Waals surface area contributed by atoms with Gasteiger partial charge in [0.1, 0.15) is 17.0 Å². The zero-order valence-electron chi connectivity index (χ0n) is 19.8. The van der Waals surface area contributed by atoms with Gasteiger partial charge in [-0.05, 0) is 80.1 Å². The van der Waals surface area contributed by atoms with Crippen LogP contribution in [0.1, 0.15) is 81.6 Å². The summed E-state index contributed by atoms with van der Waals surface area (Å²) >= 11 is 0. The molecule has 1 fully saturated rings. The van der Waals surface area contributed by atoms with Crippen molar-refractivity contribution in [3.63, 3.8) is 0 Å². The fourth-order valence-corrected chi connectivity index (χ4v) is 3.43. The predicted molar refractivity (Wildman–Crippen MR) is 111 cm³/mol. The Morgan fingerprint density at radius 2 is 1.47 bits per heavy atom. The normalized spacial score (nSPS) is 22.0. The Morgan fingerprint density at radius 3 is 1.83 bits per heavy atom. The van der Waals surface area contributed by atoms with Crippen LogP contribution in [-0.4, -0.2) is 52.2 Å². The topological polar surface area (TPSA) is 99.2 Å². The first-order chi connectivity index (χ1) is 13.5. The molecule has 0 aliphatic heterocycles. The Kier molecular flexibility index (Phi) is 8.08. The molecule has 1 saturated carbocycles. The van der Waals surface area contributed by atoms with E-state index in [1.807, 2.05) is 6.92 Å². The first-order valence-corrected chi connectivity index (χ1v) is 10.5. The molecule has 30 heavy (non-hydrogen) atoms. The smallest absolute Gasteiger partial charge is 0.420 e. The van der Waals surface area contributed by atoms with E-state index >= 15 is 0 Å². The highest BCUT2D eigenvalue weighted by molar-refractivity contribution is 5.99. The third-order valence-electron chi connectivity index (χ3n) is 4.80. The maximum Gasteiger partial charge on any atom is 0.420 e. The van der Waals surface area contributed by atoms with E-state index in [9.17, 15) is 19.2 Å². The number of ketones is 1. The number of rotatable bonds is 7. The number of amides is 2.